The summed E-state index contributed by atoms with van der Waals surface area (Å²) >= 11 is 0. The number of anilines is 1. The van der Waals surface area contributed by atoms with Gasteiger partial charge >= 0.3 is 0 Å². The van der Waals surface area contributed by atoms with Crippen LogP contribution in [0.3, 0.4) is 0 Å². The van der Waals surface area contributed by atoms with Gasteiger partial charge in [0.25, 0.3) is 0 Å². The number of hydrogen-bond acceptors (Lipinski definition) is 4. The number of nitrogens with one attached hydrogen (secondary N) is 1. The van der Waals surface area contributed by atoms with Gasteiger partial charge in [0.15, 0.2) is 0 Å². The van der Waals surface area contributed by atoms with Crippen LogP contribution in [0.15, 0.2) is 48.8 Å². The molecule has 2 fully saturated rings. The van der Waals surface area contributed by atoms with Gasteiger partial charge in [-0.25, -0.2) is 9.67 Å². The van der Waals surface area contributed by atoms with Gasteiger partial charge in [0, 0.05) is 35.6 Å². The second-order valence-corrected chi connectivity index (χ2v) is 8.47. The van der Waals surface area contributed by atoms with E-state index in [2.05, 4.69) is 40.7 Å². The second kappa shape index (κ2) is 6.36. The van der Waals surface area contributed by atoms with Crippen LogP contribution >= 0.6 is 0 Å². The Labute approximate surface area is 164 Å². The molecule has 3 aromatic rings. The highest BCUT2D eigenvalue weighted by molar-refractivity contribution is 5.76. The molecule has 1 aromatic carbocycles. The Morgan fingerprint density at radius 2 is 1.86 bits per heavy atom. The summed E-state index contributed by atoms with van der Waals surface area (Å²) < 4.78 is 7.90. The van der Waals surface area contributed by atoms with Gasteiger partial charge in [0.1, 0.15) is 18.2 Å². The largest absolute Gasteiger partial charge is 0.487 e. The standard InChI is InChI=1S/C23H24N4O/c1-8-24-27(9-1)18-4-5-20-19-6-7-23(26-21(19)14-28-22(20)13-18)25-17-11-15-2-3-16(10-15)12-17/h1,4-9,13,15-17H,2-3,10-12,14H2,(H,25,26)/t15-,16+,17?. The van der Waals surface area contributed by atoms with E-state index in [0.29, 0.717) is 12.6 Å². The first-order valence-electron chi connectivity index (χ1n) is 10.4. The number of benzene rings is 1. The number of pyridine rings is 1. The molecule has 0 saturated heterocycles. The molecule has 142 valence electrons. The van der Waals surface area contributed by atoms with Crippen LogP contribution in [0.1, 0.15) is 37.8 Å². The second-order valence-electron chi connectivity index (χ2n) is 8.47. The zero-order chi connectivity index (χ0) is 18.5. The minimum atomic E-state index is 0.510. The fourth-order valence-corrected chi connectivity index (χ4v) is 5.33. The summed E-state index contributed by atoms with van der Waals surface area (Å²) in [4.78, 5) is 4.90. The lowest BCUT2D eigenvalue weighted by Crippen LogP contribution is -2.28. The molecule has 3 aliphatic rings. The minimum Gasteiger partial charge on any atom is -0.487 e. The Kier molecular flexibility index (Phi) is 3.67. The molecule has 0 amide bonds. The van der Waals surface area contributed by atoms with Crippen LogP contribution in [0.4, 0.5) is 5.82 Å². The predicted octanol–water partition coefficient (Wildman–Crippen LogP) is 4.82. The predicted molar refractivity (Wildman–Crippen MR) is 109 cm³/mol. The van der Waals surface area contributed by atoms with Crippen LogP contribution < -0.4 is 10.1 Å². The fourth-order valence-electron chi connectivity index (χ4n) is 5.33. The number of nitrogens with zero attached hydrogens (tertiary/aromatic N) is 3. The maximum Gasteiger partial charge on any atom is 0.131 e. The maximum absolute atomic E-state index is 6.05. The average Bonchev–Trinajstić information content (AvgIpc) is 3.37. The van der Waals surface area contributed by atoms with Crippen molar-refractivity contribution in [2.45, 2.75) is 44.8 Å². The molecular weight excluding hydrogens is 348 g/mol. The topological polar surface area (TPSA) is 52.0 Å². The summed E-state index contributed by atoms with van der Waals surface area (Å²) in [6.45, 7) is 0.510. The third-order valence-electron chi connectivity index (χ3n) is 6.60. The van der Waals surface area contributed by atoms with Gasteiger partial charge in [0.05, 0.1) is 11.4 Å². The number of aromatic nitrogens is 3. The Balaban J connectivity index is 1.26. The summed E-state index contributed by atoms with van der Waals surface area (Å²) in [5, 5.41) is 8.01. The van der Waals surface area contributed by atoms with Gasteiger partial charge in [-0.3, -0.25) is 0 Å². The lowest BCUT2D eigenvalue weighted by Gasteiger charge is -2.29. The number of ether oxygens (including phenoxy) is 1. The van der Waals surface area contributed by atoms with Crippen LogP contribution in [0.25, 0.3) is 16.8 Å². The summed E-state index contributed by atoms with van der Waals surface area (Å²) in [6.07, 6.45) is 10.6. The minimum absolute atomic E-state index is 0.510. The molecule has 2 bridgehead atoms. The van der Waals surface area contributed by atoms with E-state index < -0.39 is 0 Å². The monoisotopic (exact) mass is 372 g/mol. The molecule has 1 N–H and O–H groups in total. The molecule has 3 atom stereocenters. The van der Waals surface area contributed by atoms with E-state index >= 15 is 0 Å². The molecule has 1 aliphatic heterocycles. The maximum atomic E-state index is 6.05. The Hall–Kier alpha value is -2.82. The Morgan fingerprint density at radius 3 is 2.68 bits per heavy atom. The van der Waals surface area contributed by atoms with Gasteiger partial charge in [0.2, 0.25) is 0 Å². The SMILES string of the molecule is c1cnn(-c2ccc3c(c2)OCc2nc(NC4C[C@H]5CC[C@@H](C4)C5)ccc2-3)c1. The van der Waals surface area contributed by atoms with Crippen molar-refractivity contribution in [2.75, 3.05) is 5.32 Å². The van der Waals surface area contributed by atoms with E-state index in [1.807, 2.05) is 16.9 Å². The third-order valence-corrected chi connectivity index (χ3v) is 6.60. The average molecular weight is 372 g/mol. The first-order chi connectivity index (χ1) is 13.8. The molecule has 1 unspecified atom stereocenters. The van der Waals surface area contributed by atoms with Crippen LogP contribution in [0.5, 0.6) is 5.75 Å². The van der Waals surface area contributed by atoms with Gasteiger partial charge in [-0.1, -0.05) is 12.8 Å². The van der Waals surface area contributed by atoms with E-state index in [1.165, 1.54) is 37.7 Å². The Morgan fingerprint density at radius 1 is 1.00 bits per heavy atom. The van der Waals surface area contributed by atoms with Crippen LogP contribution in [-0.2, 0) is 6.61 Å². The highest BCUT2D eigenvalue weighted by Gasteiger charge is 2.34. The summed E-state index contributed by atoms with van der Waals surface area (Å²) in [7, 11) is 0. The molecule has 2 aliphatic carbocycles. The summed E-state index contributed by atoms with van der Waals surface area (Å²) in [6, 6.07) is 13.1. The van der Waals surface area contributed by atoms with E-state index in [9.17, 15) is 0 Å². The summed E-state index contributed by atoms with van der Waals surface area (Å²) in [5.41, 5.74) is 4.29. The zero-order valence-corrected chi connectivity index (χ0v) is 15.8. The van der Waals surface area contributed by atoms with Crippen LogP contribution in [0.2, 0.25) is 0 Å². The van der Waals surface area contributed by atoms with Crippen molar-refractivity contribution in [3.8, 4) is 22.6 Å². The van der Waals surface area contributed by atoms with Crippen molar-refractivity contribution < 1.29 is 4.74 Å². The highest BCUT2D eigenvalue weighted by atomic mass is 16.5. The van der Waals surface area contributed by atoms with Gasteiger partial charge in [-0.2, -0.15) is 5.10 Å². The normalized spacial score (nSPS) is 24.9. The molecule has 28 heavy (non-hydrogen) atoms. The number of rotatable bonds is 3. The number of fused-ring (bicyclic) bond motifs is 5. The van der Waals surface area contributed by atoms with E-state index in [-0.39, 0.29) is 0 Å². The highest BCUT2D eigenvalue weighted by Crippen LogP contribution is 2.43. The molecule has 5 nitrogen and oxygen atoms in total. The van der Waals surface area contributed by atoms with Crippen LogP contribution in [-0.4, -0.2) is 20.8 Å². The molecule has 2 aromatic heterocycles. The Bertz CT molecular complexity index is 1000. The molecule has 2 saturated carbocycles. The van der Waals surface area contributed by atoms with Crippen LogP contribution in [0, 0.1) is 11.8 Å². The molecule has 6 rings (SSSR count). The third kappa shape index (κ3) is 2.77. The van der Waals surface area contributed by atoms with Gasteiger partial charge < -0.3 is 10.1 Å². The smallest absolute Gasteiger partial charge is 0.131 e. The van der Waals surface area contributed by atoms with E-state index in [4.69, 9.17) is 9.72 Å². The first-order valence-corrected chi connectivity index (χ1v) is 10.4. The number of hydrogen-bond donors (Lipinski definition) is 1. The molecule has 3 heterocycles. The summed E-state index contributed by atoms with van der Waals surface area (Å²) in [5.74, 6) is 3.73. The lowest BCUT2D eigenvalue weighted by atomic mass is 9.85. The zero-order valence-electron chi connectivity index (χ0n) is 15.8. The van der Waals surface area contributed by atoms with Crippen molar-refractivity contribution in [3.63, 3.8) is 0 Å². The fraction of sp³-hybridized carbons (Fsp3) is 0.391. The van der Waals surface area contributed by atoms with Gasteiger partial charge in [-0.05, 0) is 61.4 Å². The van der Waals surface area contributed by atoms with Crippen molar-refractivity contribution in [1.82, 2.24) is 14.8 Å². The van der Waals surface area contributed by atoms with Crippen molar-refractivity contribution in [1.29, 1.82) is 0 Å². The quantitative estimate of drug-likeness (QED) is 0.716. The van der Waals surface area contributed by atoms with Crippen molar-refractivity contribution in [2.24, 2.45) is 11.8 Å². The van der Waals surface area contributed by atoms with E-state index in [0.717, 1.165) is 40.3 Å². The lowest BCUT2D eigenvalue weighted by molar-refractivity contribution is 0.297. The molecular formula is C23H24N4O. The first kappa shape index (κ1) is 16.2. The molecule has 0 spiro atoms. The van der Waals surface area contributed by atoms with Crippen molar-refractivity contribution >= 4 is 5.82 Å². The molecule has 0 radical (unpaired) electrons. The van der Waals surface area contributed by atoms with E-state index in [1.54, 1.807) is 6.20 Å². The van der Waals surface area contributed by atoms with Crippen molar-refractivity contribution in [3.05, 3.63) is 54.5 Å². The van der Waals surface area contributed by atoms with Gasteiger partial charge in [-0.15, -0.1) is 0 Å². The molecule has 5 heteroatoms.